The van der Waals surface area contributed by atoms with Crippen LogP contribution in [0, 0.1) is 0 Å². The third kappa shape index (κ3) is 2.72. The van der Waals surface area contributed by atoms with E-state index in [1.807, 2.05) is 24.4 Å². The van der Waals surface area contributed by atoms with Crippen molar-refractivity contribution in [3.63, 3.8) is 0 Å². The van der Waals surface area contributed by atoms with Crippen LogP contribution in [0.3, 0.4) is 0 Å². The van der Waals surface area contributed by atoms with Crippen LogP contribution in [0.5, 0.6) is 0 Å². The molecule has 0 radical (unpaired) electrons. The van der Waals surface area contributed by atoms with E-state index in [9.17, 15) is 0 Å². The Hall–Kier alpha value is -3.19. The van der Waals surface area contributed by atoms with Crippen molar-refractivity contribution in [1.82, 2.24) is 4.98 Å². The maximum Gasteiger partial charge on any atom is 0.0786 e. The van der Waals surface area contributed by atoms with Crippen molar-refractivity contribution >= 4 is 0 Å². The smallest absolute Gasteiger partial charge is 0.0786 e. The molecule has 4 aromatic rings. The lowest BCUT2D eigenvalue weighted by molar-refractivity contribution is 1.32. The van der Waals surface area contributed by atoms with Gasteiger partial charge in [-0.15, -0.1) is 0 Å². The zero-order valence-electron chi connectivity index (χ0n) is 13.3. The Kier molecular flexibility index (Phi) is 3.91. The number of aromatic nitrogens is 1. The van der Waals surface area contributed by atoms with E-state index in [0.717, 1.165) is 11.3 Å². The fourth-order valence-corrected chi connectivity index (χ4v) is 3.03. The molecule has 0 saturated heterocycles. The SMILES string of the molecule is c1ccc(-c2ccnc(-c3ccccc3)c2-c2ccccc2)cc1. The van der Waals surface area contributed by atoms with Gasteiger partial charge in [0.1, 0.15) is 0 Å². The topological polar surface area (TPSA) is 12.9 Å². The third-order valence-corrected chi connectivity index (χ3v) is 4.15. The third-order valence-electron chi connectivity index (χ3n) is 4.15. The second-order valence-corrected chi connectivity index (χ2v) is 5.68. The van der Waals surface area contributed by atoms with Crippen LogP contribution >= 0.6 is 0 Å². The van der Waals surface area contributed by atoms with Gasteiger partial charge in [-0.3, -0.25) is 4.98 Å². The Morgan fingerprint density at radius 1 is 0.458 bits per heavy atom. The second-order valence-electron chi connectivity index (χ2n) is 5.68. The van der Waals surface area contributed by atoms with E-state index in [-0.39, 0.29) is 0 Å². The maximum atomic E-state index is 4.71. The second kappa shape index (κ2) is 6.51. The first-order valence-electron chi connectivity index (χ1n) is 8.09. The van der Waals surface area contributed by atoms with Crippen molar-refractivity contribution in [2.75, 3.05) is 0 Å². The lowest BCUT2D eigenvalue weighted by Gasteiger charge is -2.15. The standard InChI is InChI=1S/C23H17N/c1-4-10-18(11-5-1)21-16-17-24-23(20-14-8-3-9-15-20)22(21)19-12-6-2-7-13-19/h1-17H. The van der Waals surface area contributed by atoms with Crippen molar-refractivity contribution in [1.29, 1.82) is 0 Å². The quantitative estimate of drug-likeness (QED) is 0.447. The van der Waals surface area contributed by atoms with Gasteiger partial charge in [-0.25, -0.2) is 0 Å². The number of rotatable bonds is 3. The summed E-state index contributed by atoms with van der Waals surface area (Å²) < 4.78 is 0. The van der Waals surface area contributed by atoms with E-state index in [2.05, 4.69) is 78.9 Å². The highest BCUT2D eigenvalue weighted by Crippen LogP contribution is 2.38. The number of nitrogens with zero attached hydrogens (tertiary/aromatic N) is 1. The minimum Gasteiger partial charge on any atom is -0.256 e. The molecular formula is C23H17N. The molecule has 1 heterocycles. The molecule has 0 aliphatic heterocycles. The lowest BCUT2D eigenvalue weighted by atomic mass is 9.91. The molecule has 0 aliphatic carbocycles. The average molecular weight is 307 g/mol. The van der Waals surface area contributed by atoms with Gasteiger partial charge in [0.15, 0.2) is 0 Å². The summed E-state index contributed by atoms with van der Waals surface area (Å²) in [6, 6.07) is 33.5. The van der Waals surface area contributed by atoms with Crippen LogP contribution < -0.4 is 0 Å². The van der Waals surface area contributed by atoms with Crippen LogP contribution in [-0.4, -0.2) is 4.98 Å². The average Bonchev–Trinajstić information content (AvgIpc) is 2.69. The van der Waals surface area contributed by atoms with Gasteiger partial charge < -0.3 is 0 Å². The normalized spacial score (nSPS) is 10.5. The van der Waals surface area contributed by atoms with E-state index in [1.165, 1.54) is 22.3 Å². The van der Waals surface area contributed by atoms with Gasteiger partial charge >= 0.3 is 0 Å². The molecule has 0 N–H and O–H groups in total. The molecular weight excluding hydrogens is 290 g/mol. The molecule has 0 atom stereocenters. The molecule has 0 amide bonds. The molecule has 0 aliphatic rings. The zero-order valence-corrected chi connectivity index (χ0v) is 13.3. The van der Waals surface area contributed by atoms with Gasteiger partial charge in [-0.2, -0.15) is 0 Å². The van der Waals surface area contributed by atoms with Crippen molar-refractivity contribution in [2.24, 2.45) is 0 Å². The molecule has 1 aromatic heterocycles. The first kappa shape index (κ1) is 14.4. The Morgan fingerprint density at radius 2 is 0.958 bits per heavy atom. The number of benzene rings is 3. The lowest BCUT2D eigenvalue weighted by Crippen LogP contribution is -1.93. The Bertz CT molecular complexity index is 872. The van der Waals surface area contributed by atoms with Crippen molar-refractivity contribution in [3.05, 3.63) is 103 Å². The fraction of sp³-hybridized carbons (Fsp3) is 0. The molecule has 24 heavy (non-hydrogen) atoms. The van der Waals surface area contributed by atoms with Crippen LogP contribution in [0.2, 0.25) is 0 Å². The number of hydrogen-bond donors (Lipinski definition) is 0. The predicted octanol–water partition coefficient (Wildman–Crippen LogP) is 6.08. The van der Waals surface area contributed by atoms with Gasteiger partial charge in [0, 0.05) is 17.3 Å². The Balaban J connectivity index is 2.02. The molecule has 0 fully saturated rings. The highest BCUT2D eigenvalue weighted by Gasteiger charge is 2.14. The Morgan fingerprint density at radius 3 is 1.54 bits per heavy atom. The molecule has 0 saturated carbocycles. The molecule has 0 spiro atoms. The molecule has 0 unspecified atom stereocenters. The summed E-state index contributed by atoms with van der Waals surface area (Å²) in [5, 5.41) is 0. The van der Waals surface area contributed by atoms with Crippen LogP contribution in [0.4, 0.5) is 0 Å². The summed E-state index contributed by atoms with van der Waals surface area (Å²) in [7, 11) is 0. The largest absolute Gasteiger partial charge is 0.256 e. The van der Waals surface area contributed by atoms with Gasteiger partial charge in [0.05, 0.1) is 5.69 Å². The van der Waals surface area contributed by atoms with E-state index < -0.39 is 0 Å². The molecule has 3 aromatic carbocycles. The molecule has 114 valence electrons. The van der Waals surface area contributed by atoms with E-state index in [0.29, 0.717) is 0 Å². The Labute approximate surface area is 142 Å². The summed E-state index contributed by atoms with van der Waals surface area (Å²) in [5.41, 5.74) is 6.92. The van der Waals surface area contributed by atoms with Gasteiger partial charge in [0.2, 0.25) is 0 Å². The minimum absolute atomic E-state index is 1.02. The van der Waals surface area contributed by atoms with Crippen LogP contribution in [0.25, 0.3) is 33.5 Å². The van der Waals surface area contributed by atoms with E-state index in [4.69, 9.17) is 4.98 Å². The van der Waals surface area contributed by atoms with Crippen molar-refractivity contribution < 1.29 is 0 Å². The van der Waals surface area contributed by atoms with Crippen LogP contribution in [0.1, 0.15) is 0 Å². The highest BCUT2D eigenvalue weighted by molar-refractivity contribution is 5.92. The first-order valence-corrected chi connectivity index (χ1v) is 8.09. The van der Waals surface area contributed by atoms with Crippen LogP contribution in [0.15, 0.2) is 103 Å². The van der Waals surface area contributed by atoms with Crippen molar-refractivity contribution in [3.8, 4) is 33.5 Å². The summed E-state index contributed by atoms with van der Waals surface area (Å²) in [5.74, 6) is 0. The summed E-state index contributed by atoms with van der Waals surface area (Å²) in [6.45, 7) is 0. The van der Waals surface area contributed by atoms with E-state index in [1.54, 1.807) is 0 Å². The summed E-state index contributed by atoms with van der Waals surface area (Å²) in [4.78, 5) is 4.71. The minimum atomic E-state index is 1.02. The number of pyridine rings is 1. The zero-order chi connectivity index (χ0) is 16.2. The fourth-order valence-electron chi connectivity index (χ4n) is 3.03. The van der Waals surface area contributed by atoms with Gasteiger partial charge in [-0.1, -0.05) is 91.0 Å². The first-order chi connectivity index (χ1) is 11.9. The molecule has 1 heteroatoms. The summed E-state index contributed by atoms with van der Waals surface area (Å²) in [6.07, 6.45) is 1.90. The van der Waals surface area contributed by atoms with Gasteiger partial charge in [0.25, 0.3) is 0 Å². The molecule has 4 rings (SSSR count). The molecule has 1 nitrogen and oxygen atoms in total. The maximum absolute atomic E-state index is 4.71. The highest BCUT2D eigenvalue weighted by atomic mass is 14.7. The van der Waals surface area contributed by atoms with E-state index >= 15 is 0 Å². The van der Waals surface area contributed by atoms with Crippen molar-refractivity contribution in [2.45, 2.75) is 0 Å². The van der Waals surface area contributed by atoms with Gasteiger partial charge in [-0.05, 0) is 22.8 Å². The van der Waals surface area contributed by atoms with Crippen LogP contribution in [-0.2, 0) is 0 Å². The molecule has 0 bridgehead atoms. The summed E-state index contributed by atoms with van der Waals surface area (Å²) >= 11 is 0. The number of hydrogen-bond acceptors (Lipinski definition) is 1. The predicted molar refractivity (Wildman–Crippen MR) is 101 cm³/mol. The monoisotopic (exact) mass is 307 g/mol.